The molecule has 27 heavy (non-hydrogen) atoms. The average Bonchev–Trinajstić information content (AvgIpc) is 3.11. The molecular weight excluding hydrogens is 353 g/mol. The van der Waals surface area contributed by atoms with Gasteiger partial charge in [0.2, 0.25) is 0 Å². The Bertz CT molecular complexity index is 857. The third-order valence-corrected chi connectivity index (χ3v) is 5.06. The maximum absolute atomic E-state index is 13.3. The van der Waals surface area contributed by atoms with Gasteiger partial charge in [-0.3, -0.25) is 4.98 Å². The third kappa shape index (κ3) is 3.85. The van der Waals surface area contributed by atoms with E-state index in [1.54, 1.807) is 18.3 Å². The van der Waals surface area contributed by atoms with Crippen LogP contribution in [0.5, 0.6) is 0 Å². The van der Waals surface area contributed by atoms with Crippen molar-refractivity contribution in [2.75, 3.05) is 29.4 Å². The fourth-order valence-corrected chi connectivity index (χ4v) is 3.70. The molecule has 0 amide bonds. The first-order valence-electron chi connectivity index (χ1n) is 8.88. The maximum atomic E-state index is 13.3. The number of pyridine rings is 1. The second kappa shape index (κ2) is 7.47. The molecular formula is C20H21F3N4. The van der Waals surface area contributed by atoms with E-state index in [-0.39, 0.29) is 11.6 Å². The van der Waals surface area contributed by atoms with Gasteiger partial charge in [0, 0.05) is 37.6 Å². The van der Waals surface area contributed by atoms with Crippen molar-refractivity contribution in [1.82, 2.24) is 4.98 Å². The van der Waals surface area contributed by atoms with Gasteiger partial charge in [0.25, 0.3) is 0 Å². The van der Waals surface area contributed by atoms with Gasteiger partial charge in [0.05, 0.1) is 29.1 Å². The number of nitrogens with zero attached hydrogens (tertiary/aromatic N) is 4. The van der Waals surface area contributed by atoms with Crippen molar-refractivity contribution in [3.63, 3.8) is 0 Å². The monoisotopic (exact) mass is 374 g/mol. The number of nitriles is 1. The Balaban J connectivity index is 1.86. The van der Waals surface area contributed by atoms with Crippen LogP contribution in [0.1, 0.15) is 30.0 Å². The molecule has 2 aromatic rings. The molecule has 1 saturated heterocycles. The van der Waals surface area contributed by atoms with E-state index in [1.807, 2.05) is 31.0 Å². The lowest BCUT2D eigenvalue weighted by Gasteiger charge is -2.31. The van der Waals surface area contributed by atoms with Crippen molar-refractivity contribution in [3.05, 3.63) is 53.3 Å². The van der Waals surface area contributed by atoms with Crippen LogP contribution in [0, 0.1) is 18.3 Å². The van der Waals surface area contributed by atoms with Crippen molar-refractivity contribution in [1.29, 1.82) is 5.26 Å². The average molecular weight is 374 g/mol. The summed E-state index contributed by atoms with van der Waals surface area (Å²) in [7, 11) is 0. The van der Waals surface area contributed by atoms with E-state index in [2.05, 4.69) is 9.88 Å². The van der Waals surface area contributed by atoms with E-state index in [9.17, 15) is 13.2 Å². The first-order chi connectivity index (χ1) is 12.8. The van der Waals surface area contributed by atoms with E-state index in [0.29, 0.717) is 12.2 Å². The number of anilines is 2. The van der Waals surface area contributed by atoms with Crippen LogP contribution in [0.15, 0.2) is 36.7 Å². The Morgan fingerprint density at radius 3 is 2.74 bits per heavy atom. The van der Waals surface area contributed by atoms with Crippen LogP contribution in [0.2, 0.25) is 0 Å². The second-order valence-corrected chi connectivity index (χ2v) is 6.68. The molecule has 0 saturated carbocycles. The van der Waals surface area contributed by atoms with Gasteiger partial charge in [-0.05, 0) is 50.1 Å². The molecule has 0 bridgehead atoms. The highest BCUT2D eigenvalue weighted by atomic mass is 19.4. The fourth-order valence-electron chi connectivity index (χ4n) is 3.70. The molecule has 142 valence electrons. The highest BCUT2D eigenvalue weighted by molar-refractivity contribution is 5.57. The molecule has 4 nitrogen and oxygen atoms in total. The minimum absolute atomic E-state index is 0.101. The molecule has 1 unspecified atom stereocenters. The van der Waals surface area contributed by atoms with Crippen LogP contribution in [-0.2, 0) is 6.18 Å². The number of likely N-dealkylation sites (N-methyl/N-ethyl adjacent to an activating group) is 1. The van der Waals surface area contributed by atoms with Gasteiger partial charge in [0.15, 0.2) is 0 Å². The van der Waals surface area contributed by atoms with Crippen molar-refractivity contribution in [2.24, 2.45) is 0 Å². The normalized spacial score (nSPS) is 17.0. The van der Waals surface area contributed by atoms with Crippen LogP contribution in [0.3, 0.4) is 0 Å². The quantitative estimate of drug-likeness (QED) is 0.796. The third-order valence-electron chi connectivity index (χ3n) is 5.06. The molecule has 0 spiro atoms. The van der Waals surface area contributed by atoms with Crippen LogP contribution in [0.4, 0.5) is 24.5 Å². The number of rotatable bonds is 4. The zero-order valence-corrected chi connectivity index (χ0v) is 15.3. The number of halogens is 3. The van der Waals surface area contributed by atoms with Crippen LogP contribution in [0.25, 0.3) is 0 Å². The molecule has 1 aliphatic heterocycles. The van der Waals surface area contributed by atoms with E-state index in [1.165, 1.54) is 6.07 Å². The summed E-state index contributed by atoms with van der Waals surface area (Å²) in [6, 6.07) is 7.66. The molecule has 0 aliphatic carbocycles. The minimum Gasteiger partial charge on any atom is -0.368 e. The number of hydrogen-bond acceptors (Lipinski definition) is 4. The molecule has 0 radical (unpaired) electrons. The predicted molar refractivity (Wildman–Crippen MR) is 98.8 cm³/mol. The van der Waals surface area contributed by atoms with Gasteiger partial charge in [-0.15, -0.1) is 0 Å². The van der Waals surface area contributed by atoms with Crippen LogP contribution < -0.4 is 9.80 Å². The summed E-state index contributed by atoms with van der Waals surface area (Å²) in [4.78, 5) is 8.40. The summed E-state index contributed by atoms with van der Waals surface area (Å²) in [5.41, 5.74) is 1.47. The smallest absolute Gasteiger partial charge is 0.368 e. The first-order valence-corrected chi connectivity index (χ1v) is 8.88. The molecule has 1 aliphatic rings. The highest BCUT2D eigenvalue weighted by Gasteiger charge is 2.35. The zero-order valence-electron chi connectivity index (χ0n) is 15.3. The Kier molecular flexibility index (Phi) is 5.26. The van der Waals surface area contributed by atoms with Gasteiger partial charge < -0.3 is 9.80 Å². The van der Waals surface area contributed by atoms with Crippen molar-refractivity contribution >= 4 is 11.4 Å². The summed E-state index contributed by atoms with van der Waals surface area (Å²) in [6.45, 7) is 6.10. The SMILES string of the molecule is CCN(c1ccc(C#N)c(C(F)(F)F)c1)C1CCN(c2cnccc2C)C1. The van der Waals surface area contributed by atoms with Gasteiger partial charge >= 0.3 is 6.18 Å². The molecule has 1 aromatic carbocycles. The Morgan fingerprint density at radius 2 is 2.11 bits per heavy atom. The lowest BCUT2D eigenvalue weighted by molar-refractivity contribution is -0.137. The number of hydrogen-bond donors (Lipinski definition) is 0. The molecule has 3 rings (SSSR count). The zero-order chi connectivity index (χ0) is 19.6. The summed E-state index contributed by atoms with van der Waals surface area (Å²) in [5.74, 6) is 0. The maximum Gasteiger partial charge on any atom is 0.417 e. The minimum atomic E-state index is -4.55. The Labute approximate surface area is 156 Å². The van der Waals surface area contributed by atoms with Crippen LogP contribution >= 0.6 is 0 Å². The van der Waals surface area contributed by atoms with E-state index < -0.39 is 11.7 Å². The van der Waals surface area contributed by atoms with E-state index >= 15 is 0 Å². The van der Waals surface area contributed by atoms with Gasteiger partial charge in [-0.25, -0.2) is 0 Å². The first kappa shape index (κ1) is 19.0. The number of benzene rings is 1. The highest BCUT2D eigenvalue weighted by Crippen LogP contribution is 2.36. The number of aryl methyl sites for hydroxylation is 1. The molecule has 2 heterocycles. The van der Waals surface area contributed by atoms with Gasteiger partial charge in [-0.1, -0.05) is 0 Å². The molecule has 1 aromatic heterocycles. The molecule has 7 heteroatoms. The van der Waals surface area contributed by atoms with Crippen molar-refractivity contribution in [3.8, 4) is 6.07 Å². The predicted octanol–water partition coefficient (Wildman–Crippen LogP) is 4.39. The van der Waals surface area contributed by atoms with Gasteiger partial charge in [0.1, 0.15) is 0 Å². The standard InChI is InChI=1S/C20H21F3N4/c1-3-27(16-5-4-15(11-24)18(10-16)20(21,22)23)17-7-9-26(13-17)19-12-25-8-6-14(19)2/h4-6,8,10,12,17H,3,7,9,13H2,1-2H3. The van der Waals surface area contributed by atoms with Crippen LogP contribution in [-0.4, -0.2) is 30.7 Å². The van der Waals surface area contributed by atoms with Crippen molar-refractivity contribution in [2.45, 2.75) is 32.5 Å². The topological polar surface area (TPSA) is 43.2 Å². The molecule has 1 atom stereocenters. The lowest BCUT2D eigenvalue weighted by Crippen LogP contribution is -2.38. The van der Waals surface area contributed by atoms with Crippen molar-refractivity contribution < 1.29 is 13.2 Å². The summed E-state index contributed by atoms with van der Waals surface area (Å²) >= 11 is 0. The summed E-state index contributed by atoms with van der Waals surface area (Å²) < 4.78 is 39.9. The molecule has 1 fully saturated rings. The fraction of sp³-hybridized carbons (Fsp3) is 0.400. The molecule has 0 N–H and O–H groups in total. The number of alkyl halides is 3. The lowest BCUT2D eigenvalue weighted by atomic mass is 10.1. The second-order valence-electron chi connectivity index (χ2n) is 6.68. The Hall–Kier alpha value is -2.75. The number of aromatic nitrogens is 1. The summed E-state index contributed by atoms with van der Waals surface area (Å²) in [6.07, 6.45) is -0.115. The van der Waals surface area contributed by atoms with E-state index in [0.717, 1.165) is 36.8 Å². The van der Waals surface area contributed by atoms with Gasteiger partial charge in [-0.2, -0.15) is 18.4 Å². The largest absolute Gasteiger partial charge is 0.417 e. The summed E-state index contributed by atoms with van der Waals surface area (Å²) in [5, 5.41) is 8.99. The van der Waals surface area contributed by atoms with E-state index in [4.69, 9.17) is 5.26 Å². The Morgan fingerprint density at radius 1 is 1.33 bits per heavy atom.